The standard InChI is InChI=1S/C12H12N2O3/c1-14(2)9-5-3-8(4-6-9)11-10(12(15)16)13-7-17-11/h3-7H,1-2H3,(H,15,16). The fourth-order valence-corrected chi connectivity index (χ4v) is 1.51. The maximum absolute atomic E-state index is 10.9. The highest BCUT2D eigenvalue weighted by atomic mass is 16.4. The third-order valence-electron chi connectivity index (χ3n) is 2.42. The van der Waals surface area contributed by atoms with Crippen LogP contribution < -0.4 is 4.90 Å². The van der Waals surface area contributed by atoms with Gasteiger partial charge in [-0.15, -0.1) is 0 Å². The van der Waals surface area contributed by atoms with E-state index >= 15 is 0 Å². The lowest BCUT2D eigenvalue weighted by atomic mass is 10.1. The van der Waals surface area contributed by atoms with Crippen molar-refractivity contribution in [1.82, 2.24) is 4.98 Å². The van der Waals surface area contributed by atoms with Gasteiger partial charge in [-0.05, 0) is 24.3 Å². The fraction of sp³-hybridized carbons (Fsp3) is 0.167. The van der Waals surface area contributed by atoms with Crippen molar-refractivity contribution < 1.29 is 14.3 Å². The summed E-state index contributed by atoms with van der Waals surface area (Å²) in [7, 11) is 3.87. The summed E-state index contributed by atoms with van der Waals surface area (Å²) in [6.45, 7) is 0. The summed E-state index contributed by atoms with van der Waals surface area (Å²) in [5.74, 6) is -0.812. The first kappa shape index (κ1) is 11.2. The Bertz CT molecular complexity index is 529. The Morgan fingerprint density at radius 3 is 2.47 bits per heavy atom. The Morgan fingerprint density at radius 2 is 1.94 bits per heavy atom. The Balaban J connectivity index is 2.40. The van der Waals surface area contributed by atoms with Crippen molar-refractivity contribution in [2.45, 2.75) is 0 Å². The first-order valence-corrected chi connectivity index (χ1v) is 5.04. The quantitative estimate of drug-likeness (QED) is 0.877. The zero-order valence-electron chi connectivity index (χ0n) is 9.54. The minimum atomic E-state index is -1.09. The second-order valence-corrected chi connectivity index (χ2v) is 3.78. The molecule has 5 nitrogen and oxygen atoms in total. The van der Waals surface area contributed by atoms with Crippen LogP contribution in [0.15, 0.2) is 35.1 Å². The molecule has 1 aromatic heterocycles. The predicted molar refractivity (Wildman–Crippen MR) is 63.2 cm³/mol. The number of aromatic carboxylic acids is 1. The van der Waals surface area contributed by atoms with E-state index in [9.17, 15) is 4.79 Å². The van der Waals surface area contributed by atoms with Gasteiger partial charge < -0.3 is 14.4 Å². The van der Waals surface area contributed by atoms with E-state index in [1.165, 1.54) is 0 Å². The maximum Gasteiger partial charge on any atom is 0.358 e. The Labute approximate surface area is 98.3 Å². The lowest BCUT2D eigenvalue weighted by molar-refractivity contribution is 0.0691. The number of rotatable bonds is 3. The summed E-state index contributed by atoms with van der Waals surface area (Å²) in [5, 5.41) is 8.93. The number of hydrogen-bond acceptors (Lipinski definition) is 4. The highest BCUT2D eigenvalue weighted by molar-refractivity contribution is 5.92. The lowest BCUT2D eigenvalue weighted by Crippen LogP contribution is -2.08. The zero-order valence-corrected chi connectivity index (χ0v) is 9.54. The van der Waals surface area contributed by atoms with Crippen LogP contribution in [0.2, 0.25) is 0 Å². The van der Waals surface area contributed by atoms with Crippen molar-refractivity contribution in [1.29, 1.82) is 0 Å². The third-order valence-corrected chi connectivity index (χ3v) is 2.42. The fourth-order valence-electron chi connectivity index (χ4n) is 1.51. The molecule has 0 atom stereocenters. The molecule has 2 rings (SSSR count). The topological polar surface area (TPSA) is 66.6 Å². The molecular formula is C12H12N2O3. The summed E-state index contributed by atoms with van der Waals surface area (Å²) in [6.07, 6.45) is 1.14. The van der Waals surface area contributed by atoms with Crippen molar-refractivity contribution in [3.05, 3.63) is 36.4 Å². The number of hydrogen-bond donors (Lipinski definition) is 1. The average Bonchev–Trinajstić information content (AvgIpc) is 2.78. The number of carboxylic acids is 1. The van der Waals surface area contributed by atoms with Gasteiger partial charge in [0.05, 0.1) is 0 Å². The molecule has 0 fully saturated rings. The van der Waals surface area contributed by atoms with E-state index in [0.717, 1.165) is 12.1 Å². The molecule has 0 aliphatic carbocycles. The molecule has 0 saturated carbocycles. The Hall–Kier alpha value is -2.30. The van der Waals surface area contributed by atoms with Crippen molar-refractivity contribution in [3.63, 3.8) is 0 Å². The van der Waals surface area contributed by atoms with Gasteiger partial charge in [0, 0.05) is 25.3 Å². The van der Waals surface area contributed by atoms with Gasteiger partial charge in [0.1, 0.15) is 0 Å². The van der Waals surface area contributed by atoms with E-state index in [0.29, 0.717) is 5.56 Å². The minimum absolute atomic E-state index is 0.0670. The highest BCUT2D eigenvalue weighted by Gasteiger charge is 2.16. The molecular weight excluding hydrogens is 220 g/mol. The highest BCUT2D eigenvalue weighted by Crippen LogP contribution is 2.25. The number of aromatic nitrogens is 1. The van der Waals surface area contributed by atoms with Gasteiger partial charge in [-0.25, -0.2) is 9.78 Å². The summed E-state index contributed by atoms with van der Waals surface area (Å²) >= 11 is 0. The molecule has 0 aliphatic rings. The van der Waals surface area contributed by atoms with Crippen molar-refractivity contribution in [2.75, 3.05) is 19.0 Å². The number of anilines is 1. The van der Waals surface area contributed by atoms with Gasteiger partial charge in [-0.3, -0.25) is 0 Å². The number of carbonyl (C=O) groups is 1. The SMILES string of the molecule is CN(C)c1ccc(-c2ocnc2C(=O)O)cc1. The zero-order chi connectivity index (χ0) is 12.4. The molecule has 0 saturated heterocycles. The molecule has 2 aromatic rings. The largest absolute Gasteiger partial charge is 0.476 e. The molecule has 88 valence electrons. The molecule has 5 heteroatoms. The normalized spacial score (nSPS) is 10.2. The van der Waals surface area contributed by atoms with Crippen LogP contribution in [0.25, 0.3) is 11.3 Å². The summed E-state index contributed by atoms with van der Waals surface area (Å²) in [5.41, 5.74) is 1.67. The van der Waals surface area contributed by atoms with Gasteiger partial charge in [0.15, 0.2) is 17.8 Å². The van der Waals surface area contributed by atoms with Gasteiger partial charge in [0.2, 0.25) is 0 Å². The van der Waals surface area contributed by atoms with Crippen molar-refractivity contribution in [3.8, 4) is 11.3 Å². The van der Waals surface area contributed by atoms with E-state index in [1.807, 2.05) is 43.3 Å². The van der Waals surface area contributed by atoms with E-state index in [2.05, 4.69) is 4.98 Å². The van der Waals surface area contributed by atoms with Crippen LogP contribution >= 0.6 is 0 Å². The van der Waals surface area contributed by atoms with Crippen molar-refractivity contribution in [2.24, 2.45) is 0 Å². The lowest BCUT2D eigenvalue weighted by Gasteiger charge is -2.12. The molecule has 0 unspecified atom stereocenters. The van der Waals surface area contributed by atoms with E-state index in [4.69, 9.17) is 9.52 Å². The van der Waals surface area contributed by atoms with Crippen LogP contribution in [0.4, 0.5) is 5.69 Å². The minimum Gasteiger partial charge on any atom is -0.476 e. The molecule has 1 N–H and O–H groups in total. The number of nitrogens with zero attached hydrogens (tertiary/aromatic N) is 2. The molecule has 1 heterocycles. The average molecular weight is 232 g/mol. The van der Waals surface area contributed by atoms with Crippen LogP contribution in [0, 0.1) is 0 Å². The molecule has 0 radical (unpaired) electrons. The number of oxazole rings is 1. The van der Waals surface area contributed by atoms with E-state index in [1.54, 1.807) is 0 Å². The predicted octanol–water partition coefficient (Wildman–Crippen LogP) is 2.11. The first-order valence-electron chi connectivity index (χ1n) is 5.04. The van der Waals surface area contributed by atoms with Gasteiger partial charge in [-0.1, -0.05) is 0 Å². The second-order valence-electron chi connectivity index (χ2n) is 3.78. The first-order chi connectivity index (χ1) is 8.09. The second kappa shape index (κ2) is 4.29. The van der Waals surface area contributed by atoms with Crippen LogP contribution in [0.1, 0.15) is 10.5 Å². The molecule has 17 heavy (non-hydrogen) atoms. The van der Waals surface area contributed by atoms with Gasteiger partial charge in [-0.2, -0.15) is 0 Å². The smallest absolute Gasteiger partial charge is 0.358 e. The van der Waals surface area contributed by atoms with Gasteiger partial charge in [0.25, 0.3) is 0 Å². The van der Waals surface area contributed by atoms with Crippen LogP contribution in [0.5, 0.6) is 0 Å². The summed E-state index contributed by atoms with van der Waals surface area (Å²) < 4.78 is 5.11. The maximum atomic E-state index is 10.9. The van der Waals surface area contributed by atoms with E-state index in [-0.39, 0.29) is 11.5 Å². The third kappa shape index (κ3) is 2.13. The molecule has 1 aromatic carbocycles. The molecule has 0 aliphatic heterocycles. The summed E-state index contributed by atoms with van der Waals surface area (Å²) in [6, 6.07) is 7.40. The van der Waals surface area contributed by atoms with E-state index < -0.39 is 5.97 Å². The van der Waals surface area contributed by atoms with Crippen LogP contribution in [-0.4, -0.2) is 30.2 Å². The molecule has 0 bridgehead atoms. The molecule has 0 spiro atoms. The van der Waals surface area contributed by atoms with Crippen LogP contribution in [-0.2, 0) is 0 Å². The Kier molecular flexibility index (Phi) is 2.82. The van der Waals surface area contributed by atoms with Crippen LogP contribution in [0.3, 0.4) is 0 Å². The van der Waals surface area contributed by atoms with Gasteiger partial charge >= 0.3 is 5.97 Å². The monoisotopic (exact) mass is 232 g/mol. The molecule has 0 amide bonds. The summed E-state index contributed by atoms with van der Waals surface area (Å²) in [4.78, 5) is 16.5. The number of carboxylic acid groups (broad SMARTS) is 1. The van der Waals surface area contributed by atoms with Crippen molar-refractivity contribution >= 4 is 11.7 Å². The number of benzene rings is 1. The Morgan fingerprint density at radius 1 is 1.29 bits per heavy atom.